The Kier molecular flexibility index (Phi) is 3.46. The van der Waals surface area contributed by atoms with E-state index in [4.69, 9.17) is 5.11 Å². The van der Waals surface area contributed by atoms with Crippen molar-refractivity contribution in [1.82, 2.24) is 9.97 Å². The molecule has 0 fully saturated rings. The van der Waals surface area contributed by atoms with Crippen LogP contribution in [0.3, 0.4) is 0 Å². The van der Waals surface area contributed by atoms with Crippen LogP contribution in [0.4, 0.5) is 0 Å². The van der Waals surface area contributed by atoms with Crippen LogP contribution >= 0.6 is 0 Å². The van der Waals surface area contributed by atoms with Crippen molar-refractivity contribution in [3.63, 3.8) is 0 Å². The largest absolute Gasteiger partial charge is 0.508 e. The van der Waals surface area contributed by atoms with Crippen LogP contribution in [0.1, 0.15) is 17.0 Å². The molecule has 0 saturated heterocycles. The van der Waals surface area contributed by atoms with E-state index in [1.54, 1.807) is 38.1 Å². The highest BCUT2D eigenvalue weighted by Crippen LogP contribution is 2.22. The summed E-state index contributed by atoms with van der Waals surface area (Å²) in [5, 5.41) is 18.3. The molecule has 0 spiro atoms. The van der Waals surface area contributed by atoms with E-state index in [0.29, 0.717) is 28.3 Å². The quantitative estimate of drug-likeness (QED) is 0.880. The van der Waals surface area contributed by atoms with Crippen molar-refractivity contribution in [2.24, 2.45) is 0 Å². The minimum atomic E-state index is -0.903. The lowest BCUT2D eigenvalue weighted by Crippen LogP contribution is -2.08. The van der Waals surface area contributed by atoms with Gasteiger partial charge in [0.25, 0.3) is 0 Å². The van der Waals surface area contributed by atoms with Gasteiger partial charge in [-0.15, -0.1) is 0 Å². The highest BCUT2D eigenvalue weighted by Gasteiger charge is 2.12. The second kappa shape index (κ2) is 5.06. The minimum absolute atomic E-state index is 0.0853. The van der Waals surface area contributed by atoms with Crippen LogP contribution in [-0.2, 0) is 11.2 Å². The van der Waals surface area contributed by atoms with Crippen molar-refractivity contribution in [3.05, 3.63) is 41.2 Å². The van der Waals surface area contributed by atoms with Crippen molar-refractivity contribution in [1.29, 1.82) is 0 Å². The van der Waals surface area contributed by atoms with Gasteiger partial charge in [-0.3, -0.25) is 4.79 Å². The number of carboxylic acid groups (broad SMARTS) is 1. The van der Waals surface area contributed by atoms with E-state index >= 15 is 0 Å². The van der Waals surface area contributed by atoms with Gasteiger partial charge in [0.15, 0.2) is 5.82 Å². The van der Waals surface area contributed by atoms with E-state index in [-0.39, 0.29) is 12.2 Å². The fraction of sp³-hybridized carbons (Fsp3) is 0.214. The van der Waals surface area contributed by atoms with Crippen molar-refractivity contribution in [2.45, 2.75) is 20.3 Å². The summed E-state index contributed by atoms with van der Waals surface area (Å²) < 4.78 is 0. The molecule has 2 rings (SSSR count). The van der Waals surface area contributed by atoms with Gasteiger partial charge in [-0.25, -0.2) is 9.97 Å². The van der Waals surface area contributed by atoms with Crippen molar-refractivity contribution in [2.75, 3.05) is 0 Å². The van der Waals surface area contributed by atoms with Gasteiger partial charge in [0.05, 0.1) is 6.42 Å². The molecule has 2 N–H and O–H groups in total. The number of aromatic nitrogens is 2. The molecule has 2 aromatic rings. The van der Waals surface area contributed by atoms with Gasteiger partial charge in [-0.1, -0.05) is 12.1 Å². The highest BCUT2D eigenvalue weighted by atomic mass is 16.4. The third-order valence-corrected chi connectivity index (χ3v) is 2.85. The van der Waals surface area contributed by atoms with E-state index < -0.39 is 5.97 Å². The molecule has 98 valence electrons. The topological polar surface area (TPSA) is 83.3 Å². The number of benzene rings is 1. The number of carboxylic acids is 1. The molecule has 1 aromatic carbocycles. The fourth-order valence-electron chi connectivity index (χ4n) is 1.92. The number of carbonyl (C=O) groups is 1. The number of aliphatic carboxylic acids is 1. The monoisotopic (exact) mass is 258 g/mol. The first-order chi connectivity index (χ1) is 8.97. The van der Waals surface area contributed by atoms with Gasteiger partial charge in [0, 0.05) is 22.5 Å². The number of phenolic OH excluding ortho intramolecular Hbond substituents is 1. The number of phenols is 1. The fourth-order valence-corrected chi connectivity index (χ4v) is 1.92. The zero-order valence-corrected chi connectivity index (χ0v) is 10.7. The van der Waals surface area contributed by atoms with Crippen LogP contribution in [0.2, 0.25) is 0 Å². The molecule has 1 heterocycles. The lowest BCUT2D eigenvalue weighted by atomic mass is 10.1. The van der Waals surface area contributed by atoms with Crippen molar-refractivity contribution < 1.29 is 15.0 Å². The standard InChI is InChI=1S/C14H14N2O3/c1-8-12(7-13(18)19)9(2)16-14(15-8)10-4-3-5-11(17)6-10/h3-6,17H,7H2,1-2H3,(H,18,19). The minimum Gasteiger partial charge on any atom is -0.508 e. The first-order valence-electron chi connectivity index (χ1n) is 5.82. The number of aryl methyl sites for hydroxylation is 2. The Hall–Kier alpha value is -2.43. The predicted molar refractivity (Wildman–Crippen MR) is 69.9 cm³/mol. The maximum absolute atomic E-state index is 10.8. The van der Waals surface area contributed by atoms with Crippen LogP contribution in [-0.4, -0.2) is 26.2 Å². The van der Waals surface area contributed by atoms with Gasteiger partial charge < -0.3 is 10.2 Å². The van der Waals surface area contributed by atoms with Crippen molar-refractivity contribution >= 4 is 5.97 Å². The molecule has 0 unspecified atom stereocenters. The first-order valence-corrected chi connectivity index (χ1v) is 5.82. The molecule has 5 nitrogen and oxygen atoms in total. The molecular formula is C14H14N2O3. The Morgan fingerprint density at radius 3 is 2.37 bits per heavy atom. The lowest BCUT2D eigenvalue weighted by Gasteiger charge is -2.09. The Bertz CT molecular complexity index is 615. The number of aromatic hydroxyl groups is 1. The third kappa shape index (κ3) is 2.88. The summed E-state index contributed by atoms with van der Waals surface area (Å²) in [5.74, 6) is -0.272. The van der Waals surface area contributed by atoms with E-state index in [0.717, 1.165) is 0 Å². The number of rotatable bonds is 3. The lowest BCUT2D eigenvalue weighted by molar-refractivity contribution is -0.136. The summed E-state index contributed by atoms with van der Waals surface area (Å²) >= 11 is 0. The zero-order valence-electron chi connectivity index (χ0n) is 10.7. The van der Waals surface area contributed by atoms with Gasteiger partial charge in [-0.2, -0.15) is 0 Å². The zero-order chi connectivity index (χ0) is 14.0. The number of nitrogens with zero attached hydrogens (tertiary/aromatic N) is 2. The molecule has 0 aliphatic heterocycles. The van der Waals surface area contributed by atoms with E-state index in [1.165, 1.54) is 0 Å². The first kappa shape index (κ1) is 13.0. The normalized spacial score (nSPS) is 10.4. The van der Waals surface area contributed by atoms with Crippen LogP contribution < -0.4 is 0 Å². The van der Waals surface area contributed by atoms with Gasteiger partial charge in [0.1, 0.15) is 5.75 Å². The SMILES string of the molecule is Cc1nc(-c2cccc(O)c2)nc(C)c1CC(=O)O. The maximum Gasteiger partial charge on any atom is 0.307 e. The molecule has 0 saturated carbocycles. The summed E-state index contributed by atoms with van der Waals surface area (Å²) in [5.41, 5.74) is 2.63. The van der Waals surface area contributed by atoms with Crippen molar-refractivity contribution in [3.8, 4) is 17.1 Å². The van der Waals surface area contributed by atoms with E-state index in [9.17, 15) is 9.90 Å². The number of hydrogen-bond acceptors (Lipinski definition) is 4. The molecule has 5 heteroatoms. The molecule has 0 aliphatic rings. The highest BCUT2D eigenvalue weighted by molar-refractivity contribution is 5.71. The molecule has 0 radical (unpaired) electrons. The molecule has 0 atom stereocenters. The maximum atomic E-state index is 10.8. The third-order valence-electron chi connectivity index (χ3n) is 2.85. The summed E-state index contributed by atoms with van der Waals surface area (Å²) in [6, 6.07) is 6.65. The summed E-state index contributed by atoms with van der Waals surface area (Å²) in [6.45, 7) is 3.53. The molecule has 1 aromatic heterocycles. The Morgan fingerprint density at radius 1 is 1.21 bits per heavy atom. The van der Waals surface area contributed by atoms with Crippen LogP contribution in [0.15, 0.2) is 24.3 Å². The average Bonchev–Trinajstić information content (AvgIpc) is 2.33. The molecule has 0 bridgehead atoms. The van der Waals surface area contributed by atoms with Gasteiger partial charge in [-0.05, 0) is 26.0 Å². The molecule has 0 aliphatic carbocycles. The van der Waals surface area contributed by atoms with E-state index in [2.05, 4.69) is 9.97 Å². The Labute approximate surface area is 110 Å². The average molecular weight is 258 g/mol. The summed E-state index contributed by atoms with van der Waals surface area (Å²) in [4.78, 5) is 19.4. The summed E-state index contributed by atoms with van der Waals surface area (Å²) in [7, 11) is 0. The summed E-state index contributed by atoms with van der Waals surface area (Å²) in [6.07, 6.45) is -0.0853. The van der Waals surface area contributed by atoms with Gasteiger partial charge in [0.2, 0.25) is 0 Å². The number of hydrogen-bond donors (Lipinski definition) is 2. The Morgan fingerprint density at radius 2 is 1.84 bits per heavy atom. The van der Waals surface area contributed by atoms with Crippen LogP contribution in [0, 0.1) is 13.8 Å². The van der Waals surface area contributed by atoms with Gasteiger partial charge >= 0.3 is 5.97 Å². The smallest absolute Gasteiger partial charge is 0.307 e. The van der Waals surface area contributed by atoms with E-state index in [1.807, 2.05) is 0 Å². The van der Waals surface area contributed by atoms with Crippen LogP contribution in [0.25, 0.3) is 11.4 Å². The molecule has 0 amide bonds. The predicted octanol–water partition coefficient (Wildman–Crippen LogP) is 2.09. The second-order valence-corrected chi connectivity index (χ2v) is 4.32. The second-order valence-electron chi connectivity index (χ2n) is 4.32. The molecular weight excluding hydrogens is 244 g/mol. The Balaban J connectivity index is 2.48. The molecule has 19 heavy (non-hydrogen) atoms. The van der Waals surface area contributed by atoms with Crippen LogP contribution in [0.5, 0.6) is 5.75 Å².